The van der Waals surface area contributed by atoms with Crippen molar-refractivity contribution in [3.8, 4) is 5.75 Å². The molecule has 1 aliphatic rings. The zero-order chi connectivity index (χ0) is 16.7. The Morgan fingerprint density at radius 2 is 2.04 bits per heavy atom. The summed E-state index contributed by atoms with van der Waals surface area (Å²) in [4.78, 5) is 22.6. The number of amides is 1. The minimum absolute atomic E-state index is 0.139. The molecule has 1 fully saturated rings. The number of nitrogens with one attached hydrogen (secondary N) is 1. The van der Waals surface area contributed by atoms with Crippen molar-refractivity contribution in [2.24, 2.45) is 5.92 Å². The summed E-state index contributed by atoms with van der Waals surface area (Å²) in [5, 5.41) is 2.56. The van der Waals surface area contributed by atoms with Crippen molar-refractivity contribution in [1.82, 2.24) is 5.32 Å². The van der Waals surface area contributed by atoms with Crippen LogP contribution in [0.2, 0.25) is 0 Å². The number of rotatable bonds is 5. The Labute approximate surface area is 137 Å². The monoisotopic (exact) mass is 319 g/mol. The van der Waals surface area contributed by atoms with Crippen molar-refractivity contribution in [3.05, 3.63) is 29.8 Å². The van der Waals surface area contributed by atoms with Crippen molar-refractivity contribution in [1.29, 1.82) is 0 Å². The normalized spacial score (nSPS) is 25.5. The second-order valence-corrected chi connectivity index (χ2v) is 6.17. The first-order valence-electron chi connectivity index (χ1n) is 8.15. The summed E-state index contributed by atoms with van der Waals surface area (Å²) in [6.45, 7) is 1.92. The number of hydrogen-bond acceptors (Lipinski definition) is 4. The fourth-order valence-electron chi connectivity index (χ4n) is 3.16. The molecule has 1 saturated heterocycles. The summed E-state index contributed by atoms with van der Waals surface area (Å²) >= 11 is 0. The molecule has 1 aromatic rings. The Morgan fingerprint density at radius 1 is 1.30 bits per heavy atom. The third-order valence-electron chi connectivity index (χ3n) is 4.32. The predicted molar refractivity (Wildman–Crippen MR) is 87.2 cm³/mol. The molecule has 1 N–H and O–H groups in total. The van der Waals surface area contributed by atoms with Crippen LogP contribution < -0.4 is 10.1 Å². The van der Waals surface area contributed by atoms with E-state index >= 15 is 0 Å². The van der Waals surface area contributed by atoms with Gasteiger partial charge in [0.2, 0.25) is 6.41 Å². The van der Waals surface area contributed by atoms with E-state index in [1.54, 1.807) is 7.11 Å². The fraction of sp³-hybridized carbons (Fsp3) is 0.556. The van der Waals surface area contributed by atoms with E-state index in [1.807, 2.05) is 19.1 Å². The van der Waals surface area contributed by atoms with Crippen LogP contribution in [0.5, 0.6) is 5.75 Å². The Kier molecular flexibility index (Phi) is 6.44. The molecule has 0 aromatic heterocycles. The Morgan fingerprint density at radius 3 is 2.70 bits per heavy atom. The van der Waals surface area contributed by atoms with Crippen LogP contribution in [0.1, 0.15) is 38.2 Å². The minimum Gasteiger partial charge on any atom is -0.497 e. The lowest BCUT2D eigenvalue weighted by molar-refractivity contribution is -0.152. The molecule has 1 heterocycles. The lowest BCUT2D eigenvalue weighted by Gasteiger charge is -2.20. The number of carbonyl (C=O) groups excluding carboxylic acids is 2. The largest absolute Gasteiger partial charge is 0.497 e. The standard InChI is InChI=1S/C18H25NO4/c1-13-10-15(11-14-6-8-16(22-2)9-7-14)4-3-5-17(19-12-20)18(21)23-13/h6-9,12-13,15,17H,3-5,10-11H2,1-2H3,(H,19,20)/t13?,15?,17-/m0/s1. The first-order chi connectivity index (χ1) is 11.1. The minimum atomic E-state index is -0.519. The van der Waals surface area contributed by atoms with Crippen molar-refractivity contribution in [2.45, 2.75) is 51.2 Å². The highest BCUT2D eigenvalue weighted by molar-refractivity contribution is 5.78. The van der Waals surface area contributed by atoms with Crippen molar-refractivity contribution < 1.29 is 19.1 Å². The number of methoxy groups -OCH3 is 1. The van der Waals surface area contributed by atoms with Gasteiger partial charge in [-0.25, -0.2) is 4.79 Å². The second-order valence-electron chi connectivity index (χ2n) is 6.17. The van der Waals surface area contributed by atoms with Gasteiger partial charge in [-0.3, -0.25) is 4.79 Å². The summed E-state index contributed by atoms with van der Waals surface area (Å²) in [6.07, 6.45) is 4.77. The number of cyclic esters (lactones) is 1. The third kappa shape index (κ3) is 5.27. The van der Waals surface area contributed by atoms with E-state index in [0.717, 1.165) is 31.4 Å². The van der Waals surface area contributed by atoms with Gasteiger partial charge in [0.15, 0.2) is 0 Å². The van der Waals surface area contributed by atoms with E-state index in [9.17, 15) is 9.59 Å². The van der Waals surface area contributed by atoms with Gasteiger partial charge < -0.3 is 14.8 Å². The first-order valence-corrected chi connectivity index (χ1v) is 8.15. The zero-order valence-corrected chi connectivity index (χ0v) is 13.8. The van der Waals surface area contributed by atoms with Crippen molar-refractivity contribution >= 4 is 12.4 Å². The maximum Gasteiger partial charge on any atom is 0.328 e. The molecular weight excluding hydrogens is 294 g/mol. The third-order valence-corrected chi connectivity index (χ3v) is 4.32. The molecule has 0 aliphatic carbocycles. The zero-order valence-electron chi connectivity index (χ0n) is 13.8. The Bertz CT molecular complexity index is 514. The van der Waals surface area contributed by atoms with Gasteiger partial charge in [-0.1, -0.05) is 18.6 Å². The van der Waals surface area contributed by atoms with E-state index in [-0.39, 0.29) is 12.1 Å². The average molecular weight is 319 g/mol. The van der Waals surface area contributed by atoms with Gasteiger partial charge in [-0.2, -0.15) is 0 Å². The molecule has 2 unspecified atom stereocenters. The summed E-state index contributed by atoms with van der Waals surface area (Å²) in [6, 6.07) is 7.59. The molecule has 3 atom stereocenters. The fourth-order valence-corrected chi connectivity index (χ4v) is 3.16. The van der Waals surface area contributed by atoms with Gasteiger partial charge in [0.05, 0.1) is 13.2 Å². The van der Waals surface area contributed by atoms with Gasteiger partial charge in [0.1, 0.15) is 11.8 Å². The predicted octanol–water partition coefficient (Wildman–Crippen LogP) is 2.47. The summed E-state index contributed by atoms with van der Waals surface area (Å²) < 4.78 is 10.6. The smallest absolute Gasteiger partial charge is 0.328 e. The molecule has 0 radical (unpaired) electrons. The van der Waals surface area contributed by atoms with Crippen molar-refractivity contribution in [3.63, 3.8) is 0 Å². The quantitative estimate of drug-likeness (QED) is 0.669. The van der Waals surface area contributed by atoms with E-state index in [2.05, 4.69) is 17.4 Å². The number of carbonyl (C=O) groups is 2. The van der Waals surface area contributed by atoms with E-state index in [4.69, 9.17) is 9.47 Å². The summed E-state index contributed by atoms with van der Waals surface area (Å²) in [5.74, 6) is 0.990. The number of esters is 1. The molecule has 5 heteroatoms. The molecular formula is C18H25NO4. The highest BCUT2D eigenvalue weighted by Crippen LogP contribution is 2.25. The van der Waals surface area contributed by atoms with E-state index in [1.165, 1.54) is 5.56 Å². The lowest BCUT2D eigenvalue weighted by atomic mass is 9.89. The van der Waals surface area contributed by atoms with Gasteiger partial charge in [0, 0.05) is 0 Å². The highest BCUT2D eigenvalue weighted by atomic mass is 16.5. The molecule has 23 heavy (non-hydrogen) atoms. The van der Waals surface area contributed by atoms with Crippen LogP contribution in [-0.2, 0) is 20.7 Å². The van der Waals surface area contributed by atoms with Crippen LogP contribution in [0.25, 0.3) is 0 Å². The van der Waals surface area contributed by atoms with Crippen LogP contribution in [0.4, 0.5) is 0 Å². The molecule has 0 saturated carbocycles. The maximum atomic E-state index is 12.0. The molecule has 1 amide bonds. The van der Waals surface area contributed by atoms with Crippen molar-refractivity contribution in [2.75, 3.05) is 7.11 Å². The molecule has 5 nitrogen and oxygen atoms in total. The van der Waals surface area contributed by atoms with Crippen LogP contribution in [0.15, 0.2) is 24.3 Å². The van der Waals surface area contributed by atoms with Gasteiger partial charge >= 0.3 is 5.97 Å². The Hall–Kier alpha value is -2.04. The molecule has 0 bridgehead atoms. The second kappa shape index (κ2) is 8.56. The van der Waals surface area contributed by atoms with Gasteiger partial charge in [-0.15, -0.1) is 0 Å². The topological polar surface area (TPSA) is 64.6 Å². The average Bonchev–Trinajstić information content (AvgIpc) is 2.59. The molecule has 1 aliphatic heterocycles. The summed E-state index contributed by atoms with van der Waals surface area (Å²) in [7, 11) is 1.66. The van der Waals surface area contributed by atoms with Crippen LogP contribution >= 0.6 is 0 Å². The first kappa shape index (κ1) is 17.3. The molecule has 1 aromatic carbocycles. The molecule has 126 valence electrons. The number of ether oxygens (including phenoxy) is 2. The SMILES string of the molecule is COc1ccc(CC2CCC[C@H](NC=O)C(=O)OC(C)C2)cc1. The summed E-state index contributed by atoms with van der Waals surface area (Å²) in [5.41, 5.74) is 1.26. The van der Waals surface area contributed by atoms with Crippen LogP contribution in [0, 0.1) is 5.92 Å². The number of benzene rings is 1. The molecule has 0 spiro atoms. The van der Waals surface area contributed by atoms with Crippen LogP contribution in [-0.4, -0.2) is 31.6 Å². The number of hydrogen-bond donors (Lipinski definition) is 1. The Balaban J connectivity index is 1.99. The van der Waals surface area contributed by atoms with Crippen LogP contribution in [0.3, 0.4) is 0 Å². The van der Waals surface area contributed by atoms with Gasteiger partial charge in [0.25, 0.3) is 0 Å². The molecule has 2 rings (SSSR count). The van der Waals surface area contributed by atoms with Gasteiger partial charge in [-0.05, 0) is 56.2 Å². The van der Waals surface area contributed by atoms with E-state index in [0.29, 0.717) is 18.7 Å². The maximum absolute atomic E-state index is 12.0. The van der Waals surface area contributed by atoms with E-state index < -0.39 is 6.04 Å². The lowest BCUT2D eigenvalue weighted by Crippen LogP contribution is -2.38. The highest BCUT2D eigenvalue weighted by Gasteiger charge is 2.26.